The van der Waals surface area contributed by atoms with Crippen molar-refractivity contribution in [3.8, 4) is 0 Å². The molecule has 1 aliphatic rings. The van der Waals surface area contributed by atoms with E-state index < -0.39 is 5.54 Å². The van der Waals surface area contributed by atoms with Crippen molar-refractivity contribution < 1.29 is 19.1 Å². The summed E-state index contributed by atoms with van der Waals surface area (Å²) in [7, 11) is 7.98. The van der Waals surface area contributed by atoms with Crippen LogP contribution in [0.3, 0.4) is 0 Å². The zero-order chi connectivity index (χ0) is 52.4. The van der Waals surface area contributed by atoms with E-state index in [-0.39, 0.29) is 29.8 Å². The van der Waals surface area contributed by atoms with Crippen LogP contribution < -0.4 is 5.32 Å². The molecule has 0 radical (unpaired) electrons. The van der Waals surface area contributed by atoms with Crippen LogP contribution in [0.2, 0.25) is 0 Å². The third-order valence-corrected chi connectivity index (χ3v) is 18.2. The Hall–Kier alpha value is -0.930. The molecule has 0 aromatic rings. The molecule has 72 heavy (non-hydrogen) atoms. The second-order valence-corrected chi connectivity index (χ2v) is 25.5. The van der Waals surface area contributed by atoms with Crippen LogP contribution in [0.1, 0.15) is 323 Å². The molecule has 9 heteroatoms. The fraction of sp³-hybridized carbons (Fsp3) is 0.952. The van der Waals surface area contributed by atoms with Crippen molar-refractivity contribution in [2.24, 2.45) is 5.92 Å². The van der Waals surface area contributed by atoms with Crippen LogP contribution in [0, 0.1) is 5.92 Å². The van der Waals surface area contributed by atoms with E-state index in [2.05, 4.69) is 56.9 Å². The van der Waals surface area contributed by atoms with Gasteiger partial charge in [0.1, 0.15) is 11.6 Å². The molecular formula is C63H123N3O4S2. The fourth-order valence-electron chi connectivity index (χ4n) is 10.8. The summed E-state index contributed by atoms with van der Waals surface area (Å²) < 4.78 is 6.14. The molecule has 0 unspecified atom stereocenters. The van der Waals surface area contributed by atoms with Gasteiger partial charge in [0.15, 0.2) is 0 Å². The van der Waals surface area contributed by atoms with Crippen LogP contribution in [-0.2, 0) is 19.1 Å². The van der Waals surface area contributed by atoms with E-state index >= 15 is 4.79 Å². The zero-order valence-corrected chi connectivity index (χ0v) is 50.7. The Bertz CT molecular complexity index is 1170. The van der Waals surface area contributed by atoms with Crippen molar-refractivity contribution in [1.29, 1.82) is 0 Å². The van der Waals surface area contributed by atoms with Gasteiger partial charge in [0.2, 0.25) is 11.8 Å². The van der Waals surface area contributed by atoms with E-state index in [0.717, 1.165) is 95.1 Å². The summed E-state index contributed by atoms with van der Waals surface area (Å²) in [5, 5.41) is 3.32. The van der Waals surface area contributed by atoms with Gasteiger partial charge in [-0.1, -0.05) is 268 Å². The lowest BCUT2D eigenvalue weighted by atomic mass is 9.73. The highest BCUT2D eigenvalue weighted by Crippen LogP contribution is 2.40. The van der Waals surface area contributed by atoms with Gasteiger partial charge < -0.3 is 19.9 Å². The lowest BCUT2D eigenvalue weighted by Gasteiger charge is -2.49. The lowest BCUT2D eigenvalue weighted by Crippen LogP contribution is -2.65. The highest BCUT2D eigenvalue weighted by molar-refractivity contribution is 8.76. The van der Waals surface area contributed by atoms with Gasteiger partial charge in [-0.15, -0.1) is 0 Å². The Kier molecular flexibility index (Phi) is 48.8. The van der Waals surface area contributed by atoms with Crippen molar-refractivity contribution in [2.45, 2.75) is 335 Å². The van der Waals surface area contributed by atoms with Crippen molar-refractivity contribution >= 4 is 39.4 Å². The van der Waals surface area contributed by atoms with Gasteiger partial charge in [0.05, 0.1) is 0 Å². The first kappa shape index (κ1) is 69.1. The van der Waals surface area contributed by atoms with E-state index in [1.807, 2.05) is 21.6 Å². The molecule has 0 saturated heterocycles. The summed E-state index contributed by atoms with van der Waals surface area (Å²) in [4.78, 5) is 47.1. The molecule has 1 N–H and O–H groups in total. The number of carbonyl (C=O) groups excluding carboxylic acids is 3. The molecule has 0 aliphatic heterocycles. The SMILES string of the molecule is CCCCCCCCCCCCCCC(CCCCCCCCCCCCCC)C(=O)N(CCSSCCN(C)C)C1(C(=O)NCCCCC(=O)OC(CCCCCCCC)CCCCCCCC)CCC1. The molecule has 1 rings (SSSR count). The molecule has 0 bridgehead atoms. The molecule has 1 saturated carbocycles. The van der Waals surface area contributed by atoms with Crippen LogP contribution in [0.5, 0.6) is 0 Å². The van der Waals surface area contributed by atoms with Crippen LogP contribution in [-0.4, -0.2) is 84.5 Å². The number of hydrogen-bond acceptors (Lipinski definition) is 7. The van der Waals surface area contributed by atoms with Crippen LogP contribution >= 0.6 is 21.6 Å². The van der Waals surface area contributed by atoms with E-state index in [1.165, 1.54) is 205 Å². The number of esters is 1. The Morgan fingerprint density at radius 2 is 0.833 bits per heavy atom. The third kappa shape index (κ3) is 37.8. The second kappa shape index (κ2) is 50.9. The smallest absolute Gasteiger partial charge is 0.306 e. The first-order chi connectivity index (χ1) is 35.2. The number of hydrogen-bond donors (Lipinski definition) is 1. The summed E-state index contributed by atoms with van der Waals surface area (Å²) >= 11 is 0. The van der Waals surface area contributed by atoms with E-state index in [0.29, 0.717) is 25.9 Å². The minimum Gasteiger partial charge on any atom is -0.462 e. The highest BCUT2D eigenvalue weighted by Gasteiger charge is 2.51. The van der Waals surface area contributed by atoms with Gasteiger partial charge in [-0.3, -0.25) is 14.4 Å². The number of rotatable bonds is 56. The second-order valence-electron chi connectivity index (χ2n) is 22.8. The zero-order valence-electron chi connectivity index (χ0n) is 49.1. The molecule has 426 valence electrons. The normalized spacial score (nSPS) is 13.3. The van der Waals surface area contributed by atoms with Crippen LogP contribution in [0.25, 0.3) is 0 Å². The maximum absolute atomic E-state index is 15.1. The summed E-state index contributed by atoms with van der Waals surface area (Å²) in [6.07, 6.45) is 54.9. The van der Waals surface area contributed by atoms with Crippen LogP contribution in [0.4, 0.5) is 0 Å². The molecule has 1 fully saturated rings. The first-order valence-electron chi connectivity index (χ1n) is 31.9. The predicted octanol–water partition coefficient (Wildman–Crippen LogP) is 19.2. The average molecular weight is 1050 g/mol. The average Bonchev–Trinajstić information content (AvgIpc) is 3.35. The third-order valence-electron chi connectivity index (χ3n) is 15.8. The molecule has 0 heterocycles. The quantitative estimate of drug-likeness (QED) is 0.0369. The van der Waals surface area contributed by atoms with Crippen LogP contribution in [0.15, 0.2) is 0 Å². The molecule has 7 nitrogen and oxygen atoms in total. The maximum Gasteiger partial charge on any atom is 0.306 e. The minimum absolute atomic E-state index is 0.00938. The van der Waals surface area contributed by atoms with Gasteiger partial charge in [-0.2, -0.15) is 0 Å². The van der Waals surface area contributed by atoms with E-state index in [9.17, 15) is 9.59 Å². The number of nitrogens with one attached hydrogen (secondary N) is 1. The molecule has 0 atom stereocenters. The summed E-state index contributed by atoms with van der Waals surface area (Å²) in [6, 6.07) is 0. The Balaban J connectivity index is 2.93. The molecule has 0 aromatic heterocycles. The van der Waals surface area contributed by atoms with Gasteiger partial charge in [0.25, 0.3) is 0 Å². The Morgan fingerprint density at radius 3 is 1.19 bits per heavy atom. The topological polar surface area (TPSA) is 79.0 Å². The molecule has 0 aromatic carbocycles. The van der Waals surface area contributed by atoms with E-state index in [1.54, 1.807) is 0 Å². The highest BCUT2D eigenvalue weighted by atomic mass is 33.1. The standard InChI is InChI=1S/C63H123N3O4S2/c1-7-11-15-19-23-25-27-29-31-33-35-39-46-58(47-40-36-34-32-30-28-26-24-20-16-12-8-2)61(68)66(55-57-72-71-56-54-65(5)6)63(51-45-52-63)62(69)64-53-44-43-50-60(67)70-59(48-41-37-21-17-13-9-3)49-42-38-22-18-14-10-4/h58-59H,7-57H2,1-6H3,(H,64,69). The number of ether oxygens (including phenoxy) is 1. The van der Waals surface area contributed by atoms with Gasteiger partial charge in [-0.05, 0) is 84.7 Å². The first-order valence-corrected chi connectivity index (χ1v) is 34.4. The minimum atomic E-state index is -0.753. The largest absolute Gasteiger partial charge is 0.462 e. The van der Waals surface area contributed by atoms with E-state index in [4.69, 9.17) is 4.74 Å². The summed E-state index contributed by atoms with van der Waals surface area (Å²) in [6.45, 7) is 11.3. The van der Waals surface area contributed by atoms with Gasteiger partial charge in [-0.25, -0.2) is 0 Å². The monoisotopic (exact) mass is 1050 g/mol. The van der Waals surface area contributed by atoms with Crippen molar-refractivity contribution in [1.82, 2.24) is 15.1 Å². The Morgan fingerprint density at radius 1 is 0.472 bits per heavy atom. The molecular weight excluding hydrogens is 927 g/mol. The molecule has 2 amide bonds. The van der Waals surface area contributed by atoms with Gasteiger partial charge in [0, 0.05) is 43.5 Å². The van der Waals surface area contributed by atoms with Crippen molar-refractivity contribution in [2.75, 3.05) is 45.2 Å². The fourth-order valence-corrected chi connectivity index (χ4v) is 12.9. The predicted molar refractivity (Wildman–Crippen MR) is 319 cm³/mol. The lowest BCUT2D eigenvalue weighted by molar-refractivity contribution is -0.157. The number of unbranched alkanes of at least 4 members (excludes halogenated alkanes) is 33. The van der Waals surface area contributed by atoms with Gasteiger partial charge >= 0.3 is 5.97 Å². The Labute approximate surface area is 457 Å². The summed E-state index contributed by atoms with van der Waals surface area (Å²) in [5.74, 6) is 2.07. The summed E-state index contributed by atoms with van der Waals surface area (Å²) in [5.41, 5.74) is -0.753. The number of amides is 2. The molecule has 1 aliphatic carbocycles. The number of nitrogens with zero attached hydrogens (tertiary/aromatic N) is 2. The molecule has 0 spiro atoms. The van der Waals surface area contributed by atoms with Crippen molar-refractivity contribution in [3.63, 3.8) is 0 Å². The maximum atomic E-state index is 15.1. The van der Waals surface area contributed by atoms with Crippen molar-refractivity contribution in [3.05, 3.63) is 0 Å². The number of carbonyl (C=O) groups is 3.